The molecule has 0 aliphatic carbocycles. The Balaban J connectivity index is 2.11. The molecule has 6 heteroatoms. The molecular weight excluding hydrogens is 260 g/mol. The van der Waals surface area contributed by atoms with Gasteiger partial charge in [-0.2, -0.15) is 0 Å². The Morgan fingerprint density at radius 3 is 2.70 bits per heavy atom. The van der Waals surface area contributed by atoms with Crippen LogP contribution in [0.3, 0.4) is 0 Å². The molecule has 0 aromatic heterocycles. The van der Waals surface area contributed by atoms with Gasteiger partial charge in [0.25, 0.3) is 5.91 Å². The van der Waals surface area contributed by atoms with Crippen LogP contribution in [0.25, 0.3) is 0 Å². The number of ether oxygens (including phenoxy) is 2. The normalized spacial score (nSPS) is 20.4. The minimum Gasteiger partial charge on any atom is -0.367 e. The van der Waals surface area contributed by atoms with Crippen LogP contribution in [-0.2, 0) is 19.1 Å². The van der Waals surface area contributed by atoms with Gasteiger partial charge < -0.3 is 20.1 Å². The van der Waals surface area contributed by atoms with E-state index in [4.69, 9.17) is 15.2 Å². The van der Waals surface area contributed by atoms with Crippen molar-refractivity contribution in [1.29, 1.82) is 0 Å². The number of carbonyl (C=O) groups is 2. The lowest BCUT2D eigenvalue weighted by Gasteiger charge is -2.33. The SMILES string of the molecule is COC(C(=O)N1CCOC(C(N)=O)C1)c1ccccc1. The lowest BCUT2D eigenvalue weighted by Crippen LogP contribution is -2.51. The monoisotopic (exact) mass is 278 g/mol. The number of rotatable bonds is 4. The fraction of sp³-hybridized carbons (Fsp3) is 0.429. The van der Waals surface area contributed by atoms with Gasteiger partial charge in [0.15, 0.2) is 12.2 Å². The maximum Gasteiger partial charge on any atom is 0.256 e. The van der Waals surface area contributed by atoms with Crippen LogP contribution in [0, 0.1) is 0 Å². The molecule has 20 heavy (non-hydrogen) atoms. The molecule has 2 unspecified atom stereocenters. The van der Waals surface area contributed by atoms with E-state index < -0.39 is 18.1 Å². The van der Waals surface area contributed by atoms with Gasteiger partial charge in [-0.1, -0.05) is 30.3 Å². The van der Waals surface area contributed by atoms with Crippen LogP contribution in [0.2, 0.25) is 0 Å². The summed E-state index contributed by atoms with van der Waals surface area (Å²) in [4.78, 5) is 25.2. The quantitative estimate of drug-likeness (QED) is 0.846. The number of amides is 2. The fourth-order valence-corrected chi connectivity index (χ4v) is 2.19. The van der Waals surface area contributed by atoms with E-state index in [1.807, 2.05) is 30.3 Å². The van der Waals surface area contributed by atoms with Gasteiger partial charge in [0, 0.05) is 13.7 Å². The van der Waals surface area contributed by atoms with Crippen molar-refractivity contribution in [2.45, 2.75) is 12.2 Å². The summed E-state index contributed by atoms with van der Waals surface area (Å²) in [7, 11) is 1.49. The molecule has 2 amide bonds. The Kier molecular flexibility index (Phi) is 4.70. The standard InChI is InChI=1S/C14H18N2O4/c1-19-12(10-5-3-2-4-6-10)14(18)16-7-8-20-11(9-16)13(15)17/h2-6,11-12H,7-9H2,1H3,(H2,15,17). The van der Waals surface area contributed by atoms with Gasteiger partial charge in [-0.25, -0.2) is 0 Å². The third kappa shape index (κ3) is 3.15. The topological polar surface area (TPSA) is 81.9 Å². The van der Waals surface area contributed by atoms with Crippen LogP contribution in [0.5, 0.6) is 0 Å². The first-order valence-electron chi connectivity index (χ1n) is 6.41. The summed E-state index contributed by atoms with van der Waals surface area (Å²) in [6, 6.07) is 9.23. The zero-order valence-corrected chi connectivity index (χ0v) is 11.3. The predicted octanol–water partition coefficient (Wildman–Crippen LogP) is 0.0868. The molecule has 1 heterocycles. The summed E-state index contributed by atoms with van der Waals surface area (Å²) < 4.78 is 10.5. The van der Waals surface area contributed by atoms with E-state index in [1.54, 1.807) is 4.90 Å². The number of carbonyl (C=O) groups excluding carboxylic acids is 2. The minimum atomic E-state index is -0.749. The number of primary amides is 1. The lowest BCUT2D eigenvalue weighted by molar-refractivity contribution is -0.153. The van der Waals surface area contributed by atoms with Gasteiger partial charge in [0.2, 0.25) is 5.91 Å². The zero-order valence-electron chi connectivity index (χ0n) is 11.3. The van der Waals surface area contributed by atoms with E-state index in [-0.39, 0.29) is 12.5 Å². The van der Waals surface area contributed by atoms with Crippen molar-refractivity contribution in [3.63, 3.8) is 0 Å². The van der Waals surface area contributed by atoms with Gasteiger partial charge >= 0.3 is 0 Å². The van der Waals surface area contributed by atoms with Crippen LogP contribution in [0.4, 0.5) is 0 Å². The van der Waals surface area contributed by atoms with E-state index in [0.29, 0.717) is 13.2 Å². The second kappa shape index (κ2) is 6.49. The molecular formula is C14H18N2O4. The second-order valence-corrected chi connectivity index (χ2v) is 4.57. The summed E-state index contributed by atoms with van der Waals surface area (Å²) >= 11 is 0. The van der Waals surface area contributed by atoms with Crippen LogP contribution < -0.4 is 5.73 Å². The summed E-state index contributed by atoms with van der Waals surface area (Å²) in [5, 5.41) is 0. The Morgan fingerprint density at radius 2 is 2.10 bits per heavy atom. The molecule has 108 valence electrons. The van der Waals surface area contributed by atoms with E-state index in [2.05, 4.69) is 0 Å². The smallest absolute Gasteiger partial charge is 0.256 e. The molecule has 2 rings (SSSR count). The van der Waals surface area contributed by atoms with Gasteiger partial charge in [-0.15, -0.1) is 0 Å². The molecule has 0 spiro atoms. The fourth-order valence-electron chi connectivity index (χ4n) is 2.19. The zero-order chi connectivity index (χ0) is 14.5. The summed E-state index contributed by atoms with van der Waals surface area (Å²) in [5.41, 5.74) is 6.00. The maximum absolute atomic E-state index is 12.5. The molecule has 1 saturated heterocycles. The Hall–Kier alpha value is -1.92. The number of benzene rings is 1. The highest BCUT2D eigenvalue weighted by atomic mass is 16.5. The van der Waals surface area contributed by atoms with Crippen LogP contribution in [0.1, 0.15) is 11.7 Å². The first-order valence-corrected chi connectivity index (χ1v) is 6.41. The average molecular weight is 278 g/mol. The Morgan fingerprint density at radius 1 is 1.40 bits per heavy atom. The summed E-state index contributed by atoms with van der Waals surface area (Å²) in [5.74, 6) is -0.746. The molecule has 2 atom stereocenters. The van der Waals surface area contributed by atoms with Gasteiger partial charge in [0.05, 0.1) is 13.2 Å². The Bertz CT molecular complexity index is 477. The first-order chi connectivity index (χ1) is 9.63. The highest BCUT2D eigenvalue weighted by molar-refractivity contribution is 5.84. The van der Waals surface area contributed by atoms with Crippen molar-refractivity contribution in [3.05, 3.63) is 35.9 Å². The summed E-state index contributed by atoms with van der Waals surface area (Å²) in [6.07, 6.45) is -1.43. The molecule has 6 nitrogen and oxygen atoms in total. The van der Waals surface area contributed by atoms with Crippen LogP contribution in [0.15, 0.2) is 30.3 Å². The third-order valence-electron chi connectivity index (χ3n) is 3.26. The van der Waals surface area contributed by atoms with Crippen molar-refractivity contribution in [1.82, 2.24) is 4.90 Å². The molecule has 2 N–H and O–H groups in total. The third-order valence-corrected chi connectivity index (χ3v) is 3.26. The number of hydrogen-bond acceptors (Lipinski definition) is 4. The lowest BCUT2D eigenvalue weighted by atomic mass is 10.1. The minimum absolute atomic E-state index is 0.168. The van der Waals surface area contributed by atoms with E-state index in [0.717, 1.165) is 5.56 Å². The van der Waals surface area contributed by atoms with Crippen molar-refractivity contribution in [2.75, 3.05) is 26.8 Å². The maximum atomic E-state index is 12.5. The number of methoxy groups -OCH3 is 1. The highest BCUT2D eigenvalue weighted by Gasteiger charge is 2.32. The number of nitrogens with zero attached hydrogens (tertiary/aromatic N) is 1. The second-order valence-electron chi connectivity index (χ2n) is 4.57. The first kappa shape index (κ1) is 14.5. The predicted molar refractivity (Wildman–Crippen MR) is 71.7 cm³/mol. The van der Waals surface area contributed by atoms with Gasteiger partial charge in [-0.3, -0.25) is 9.59 Å². The molecule has 1 aliphatic heterocycles. The number of hydrogen-bond donors (Lipinski definition) is 1. The van der Waals surface area contributed by atoms with E-state index in [9.17, 15) is 9.59 Å². The van der Waals surface area contributed by atoms with Crippen molar-refractivity contribution < 1.29 is 19.1 Å². The Labute approximate surface area is 117 Å². The van der Waals surface area contributed by atoms with E-state index >= 15 is 0 Å². The van der Waals surface area contributed by atoms with Gasteiger partial charge in [-0.05, 0) is 5.56 Å². The number of nitrogens with two attached hydrogens (primary N) is 1. The molecule has 0 radical (unpaired) electrons. The van der Waals surface area contributed by atoms with Crippen molar-refractivity contribution >= 4 is 11.8 Å². The highest BCUT2D eigenvalue weighted by Crippen LogP contribution is 2.20. The number of morpholine rings is 1. The summed E-state index contributed by atoms with van der Waals surface area (Å²) in [6.45, 7) is 0.890. The molecule has 1 aromatic rings. The van der Waals surface area contributed by atoms with Crippen molar-refractivity contribution in [2.24, 2.45) is 5.73 Å². The van der Waals surface area contributed by atoms with Gasteiger partial charge in [0.1, 0.15) is 0 Å². The molecule has 0 bridgehead atoms. The largest absolute Gasteiger partial charge is 0.367 e. The molecule has 1 aliphatic rings. The van der Waals surface area contributed by atoms with E-state index in [1.165, 1.54) is 7.11 Å². The van der Waals surface area contributed by atoms with Crippen molar-refractivity contribution in [3.8, 4) is 0 Å². The van der Waals surface area contributed by atoms with Crippen LogP contribution in [-0.4, -0.2) is 49.6 Å². The van der Waals surface area contributed by atoms with Crippen LogP contribution >= 0.6 is 0 Å². The molecule has 1 aromatic carbocycles. The molecule has 1 fully saturated rings. The molecule has 0 saturated carbocycles. The average Bonchev–Trinajstić information content (AvgIpc) is 2.49.